The van der Waals surface area contributed by atoms with Crippen LogP contribution in [-0.4, -0.2) is 70.5 Å². The van der Waals surface area contributed by atoms with Gasteiger partial charge in [0.2, 0.25) is 0 Å². The lowest BCUT2D eigenvalue weighted by atomic mass is 9.92. The summed E-state index contributed by atoms with van der Waals surface area (Å²) in [5.41, 5.74) is 6.19. The van der Waals surface area contributed by atoms with E-state index in [-0.39, 0.29) is 72.3 Å². The molecule has 3 fully saturated rings. The van der Waals surface area contributed by atoms with Crippen LogP contribution < -0.4 is 20.1 Å². The molecule has 0 amide bonds. The zero-order chi connectivity index (χ0) is 32.6. The fraction of sp³-hybridized carbons (Fsp3) is 0.500. The lowest BCUT2D eigenvalue weighted by Gasteiger charge is -2.35. The molecule has 2 unspecified atom stereocenters. The van der Waals surface area contributed by atoms with Crippen molar-refractivity contribution in [3.05, 3.63) is 34.4 Å². The zero-order valence-electron chi connectivity index (χ0n) is 26.0. The number of aliphatic hydroxyl groups excluding tert-OH is 1. The molecule has 2 aromatic carbocycles. The van der Waals surface area contributed by atoms with Crippen LogP contribution in [0.3, 0.4) is 0 Å². The summed E-state index contributed by atoms with van der Waals surface area (Å²) in [4.78, 5) is 14.2. The number of nitrogen functional groups attached to an aromatic ring is 1. The number of hydrogen-bond donors (Lipinski definition) is 2. The van der Waals surface area contributed by atoms with E-state index in [1.807, 2.05) is 0 Å². The Morgan fingerprint density at radius 1 is 1.23 bits per heavy atom. The van der Waals surface area contributed by atoms with Crippen molar-refractivity contribution < 1.29 is 23.4 Å². The lowest BCUT2D eigenvalue weighted by Crippen LogP contribution is -2.43. The van der Waals surface area contributed by atoms with Crippen LogP contribution in [0.2, 0.25) is 5.02 Å². The number of rotatable bonds is 4. The number of nitrogens with zero attached hydrogens (tertiary/aromatic N) is 5. The lowest BCUT2D eigenvalue weighted by molar-refractivity contribution is 0.107. The molecule has 0 aliphatic carbocycles. The fourth-order valence-corrected chi connectivity index (χ4v) is 9.78. The number of aliphatic hydroxyl groups is 1. The van der Waals surface area contributed by atoms with E-state index in [4.69, 9.17) is 31.8 Å². The van der Waals surface area contributed by atoms with Crippen molar-refractivity contribution in [2.45, 2.75) is 69.6 Å². The quantitative estimate of drug-likeness (QED) is 0.244. The van der Waals surface area contributed by atoms with Crippen molar-refractivity contribution in [1.29, 1.82) is 5.26 Å². The molecular formula is C34H35ClF2N6O3S. The number of ether oxygens (including phenoxy) is 2. The second-order valence-electron chi connectivity index (χ2n) is 13.5. The summed E-state index contributed by atoms with van der Waals surface area (Å²) in [6.07, 6.45) is 5.13. The summed E-state index contributed by atoms with van der Waals surface area (Å²) in [6.45, 7) is 5.54. The molecule has 0 saturated carbocycles. The van der Waals surface area contributed by atoms with Crippen molar-refractivity contribution in [2.75, 3.05) is 43.5 Å². The SMILES string of the molecule is C[C@H]1CN2CCC[C@@]2(COc2nc3c4c(c(Cl)c(-c5ccc(F)c6sc(N)c(C#N)c56)c(F)c4n2)OCCC2CC(O)CCCN32)C1. The first-order valence-electron chi connectivity index (χ1n) is 16.3. The standard InChI is InChI=1S/C34H35ClF2N6O3S/c1-17-13-34(8-3-9-42(34)15-17)16-46-33-40-28-25-29(45-11-7-18-12-19(44)4-2-10-43(18)32(25)41-33)26(35)24(27(28)37)20-5-6-22(36)30-23(20)21(14-38)31(39)47-30/h5-6,17-19,44H,2-4,7-13,15-16,39H2,1H3/t17-,18?,19?,34+/m1/s1. The van der Waals surface area contributed by atoms with E-state index in [9.17, 15) is 10.4 Å². The summed E-state index contributed by atoms with van der Waals surface area (Å²) in [5, 5.41) is 21.3. The molecule has 2 aromatic heterocycles. The third-order valence-corrected chi connectivity index (χ3v) is 11.9. The van der Waals surface area contributed by atoms with Crippen molar-refractivity contribution in [1.82, 2.24) is 14.9 Å². The van der Waals surface area contributed by atoms with E-state index in [1.165, 1.54) is 12.1 Å². The molecule has 3 saturated heterocycles. The zero-order valence-corrected chi connectivity index (χ0v) is 27.6. The Labute approximate surface area is 279 Å². The van der Waals surface area contributed by atoms with Gasteiger partial charge in [0.05, 0.1) is 38.9 Å². The normalized spacial score (nSPS) is 26.0. The molecule has 4 aliphatic heterocycles. The van der Waals surface area contributed by atoms with Gasteiger partial charge in [-0.15, -0.1) is 11.3 Å². The number of benzene rings is 2. The highest BCUT2D eigenvalue weighted by atomic mass is 35.5. The maximum Gasteiger partial charge on any atom is 0.319 e. The highest BCUT2D eigenvalue weighted by Gasteiger charge is 2.48. The summed E-state index contributed by atoms with van der Waals surface area (Å²) in [6, 6.07) is 4.65. The highest BCUT2D eigenvalue weighted by Crippen LogP contribution is 2.51. The van der Waals surface area contributed by atoms with Gasteiger partial charge in [0.15, 0.2) is 11.6 Å². The van der Waals surface area contributed by atoms with Gasteiger partial charge in [-0.3, -0.25) is 4.90 Å². The van der Waals surface area contributed by atoms with Crippen molar-refractivity contribution in [3.63, 3.8) is 0 Å². The van der Waals surface area contributed by atoms with Gasteiger partial charge in [-0.05, 0) is 62.6 Å². The molecule has 4 aromatic rings. The first-order valence-corrected chi connectivity index (χ1v) is 17.5. The average Bonchev–Trinajstić information content (AvgIpc) is 3.64. The van der Waals surface area contributed by atoms with Gasteiger partial charge in [0, 0.05) is 36.5 Å². The van der Waals surface area contributed by atoms with Gasteiger partial charge in [0.25, 0.3) is 0 Å². The Kier molecular flexibility index (Phi) is 7.59. The summed E-state index contributed by atoms with van der Waals surface area (Å²) < 4.78 is 45.1. The number of thiophene rings is 1. The molecule has 4 atom stereocenters. The number of nitriles is 1. The van der Waals surface area contributed by atoms with Crippen LogP contribution >= 0.6 is 22.9 Å². The van der Waals surface area contributed by atoms with Crippen LogP contribution in [0.25, 0.3) is 32.1 Å². The van der Waals surface area contributed by atoms with Crippen molar-refractivity contribution in [2.24, 2.45) is 5.92 Å². The molecule has 246 valence electrons. The van der Waals surface area contributed by atoms with Gasteiger partial charge in [-0.2, -0.15) is 15.2 Å². The van der Waals surface area contributed by atoms with E-state index >= 15 is 8.78 Å². The molecule has 0 radical (unpaired) electrons. The van der Waals surface area contributed by atoms with Gasteiger partial charge >= 0.3 is 6.01 Å². The summed E-state index contributed by atoms with van der Waals surface area (Å²) in [7, 11) is 0. The second-order valence-corrected chi connectivity index (χ2v) is 15.0. The fourth-order valence-electron chi connectivity index (χ4n) is 8.50. The number of fused-ring (bicyclic) bond motifs is 4. The van der Waals surface area contributed by atoms with E-state index in [2.05, 4.69) is 27.8 Å². The molecule has 0 bridgehead atoms. The van der Waals surface area contributed by atoms with E-state index in [1.54, 1.807) is 0 Å². The summed E-state index contributed by atoms with van der Waals surface area (Å²) in [5.74, 6) is -0.107. The van der Waals surface area contributed by atoms with Crippen LogP contribution in [0.1, 0.15) is 57.4 Å². The smallest absolute Gasteiger partial charge is 0.319 e. The molecule has 13 heteroatoms. The topological polar surface area (TPSA) is 121 Å². The first kappa shape index (κ1) is 30.8. The molecule has 3 N–H and O–H groups in total. The van der Waals surface area contributed by atoms with Crippen LogP contribution in [0.15, 0.2) is 12.1 Å². The second kappa shape index (κ2) is 11.6. The number of nitrogens with two attached hydrogens (primary N) is 1. The summed E-state index contributed by atoms with van der Waals surface area (Å²) >= 11 is 8.01. The van der Waals surface area contributed by atoms with Gasteiger partial charge in [-0.1, -0.05) is 24.6 Å². The Morgan fingerprint density at radius 3 is 2.91 bits per heavy atom. The minimum absolute atomic E-state index is 0.0242. The number of aromatic nitrogens is 2. The molecule has 47 heavy (non-hydrogen) atoms. The highest BCUT2D eigenvalue weighted by molar-refractivity contribution is 7.23. The Balaban J connectivity index is 1.36. The largest absolute Gasteiger partial charge is 0.491 e. The molecule has 6 heterocycles. The Morgan fingerprint density at radius 2 is 2.09 bits per heavy atom. The van der Waals surface area contributed by atoms with Crippen LogP contribution in [-0.2, 0) is 0 Å². The maximum absolute atomic E-state index is 17.2. The first-order chi connectivity index (χ1) is 22.7. The minimum Gasteiger partial charge on any atom is -0.491 e. The molecule has 0 spiro atoms. The predicted octanol–water partition coefficient (Wildman–Crippen LogP) is 6.65. The van der Waals surface area contributed by atoms with Crippen LogP contribution in [0.5, 0.6) is 11.8 Å². The van der Waals surface area contributed by atoms with E-state index in [0.717, 1.165) is 50.1 Å². The Bertz CT molecular complexity index is 1970. The third kappa shape index (κ3) is 4.88. The van der Waals surface area contributed by atoms with E-state index in [0.29, 0.717) is 49.5 Å². The Hall–Kier alpha value is -3.50. The van der Waals surface area contributed by atoms with Crippen molar-refractivity contribution in [3.8, 4) is 29.0 Å². The molecule has 4 aliphatic rings. The molecule has 8 rings (SSSR count). The van der Waals surface area contributed by atoms with Gasteiger partial charge in [0.1, 0.15) is 34.8 Å². The predicted molar refractivity (Wildman–Crippen MR) is 178 cm³/mol. The molecule has 9 nitrogen and oxygen atoms in total. The monoisotopic (exact) mass is 680 g/mol. The van der Waals surface area contributed by atoms with E-state index < -0.39 is 17.7 Å². The average molecular weight is 681 g/mol. The van der Waals surface area contributed by atoms with Crippen LogP contribution in [0, 0.1) is 28.9 Å². The van der Waals surface area contributed by atoms with Crippen molar-refractivity contribution >= 4 is 54.7 Å². The molecular weight excluding hydrogens is 646 g/mol. The third-order valence-electron chi connectivity index (χ3n) is 10.5. The number of halogens is 3. The number of anilines is 2. The minimum atomic E-state index is -0.755. The van der Waals surface area contributed by atoms with Crippen LogP contribution in [0.4, 0.5) is 19.6 Å². The van der Waals surface area contributed by atoms with Gasteiger partial charge < -0.3 is 25.2 Å². The van der Waals surface area contributed by atoms with Gasteiger partial charge in [-0.25, -0.2) is 8.78 Å². The number of hydrogen-bond acceptors (Lipinski definition) is 10. The maximum atomic E-state index is 17.2.